The van der Waals surface area contributed by atoms with Gasteiger partial charge in [0, 0.05) is 5.92 Å². The zero-order valence-electron chi connectivity index (χ0n) is 6.47. The molecule has 3 aliphatic rings. The van der Waals surface area contributed by atoms with Crippen molar-refractivity contribution in [3.63, 3.8) is 0 Å². The van der Waals surface area contributed by atoms with Crippen molar-refractivity contribution in [2.45, 2.75) is 31.2 Å². The first-order valence-electron chi connectivity index (χ1n) is 4.19. The van der Waals surface area contributed by atoms with Gasteiger partial charge in [-0.2, -0.15) is 0 Å². The molecule has 1 aliphatic carbocycles. The number of hydrogen-bond acceptors (Lipinski definition) is 2. The lowest BCUT2D eigenvalue weighted by Crippen LogP contribution is -2.60. The van der Waals surface area contributed by atoms with Crippen LogP contribution in [-0.2, 0) is 4.79 Å². The average molecular weight is 155 g/mol. The van der Waals surface area contributed by atoms with Gasteiger partial charge in [-0.1, -0.05) is 0 Å². The van der Waals surface area contributed by atoms with Crippen molar-refractivity contribution in [1.82, 2.24) is 5.32 Å². The van der Waals surface area contributed by atoms with Crippen LogP contribution in [0.1, 0.15) is 25.7 Å². The molecule has 0 aromatic carbocycles. The molecule has 0 radical (unpaired) electrons. The summed E-state index contributed by atoms with van der Waals surface area (Å²) in [5, 5.41) is 12.0. The van der Waals surface area contributed by atoms with Gasteiger partial charge < -0.3 is 10.4 Å². The fourth-order valence-corrected chi connectivity index (χ4v) is 2.12. The molecule has 2 bridgehead atoms. The van der Waals surface area contributed by atoms with E-state index in [4.69, 9.17) is 5.11 Å². The highest BCUT2D eigenvalue weighted by Crippen LogP contribution is 2.36. The Balaban J connectivity index is 2.18. The lowest BCUT2D eigenvalue weighted by Gasteiger charge is -2.45. The summed E-state index contributed by atoms with van der Waals surface area (Å²) in [6.45, 7) is 0.103. The topological polar surface area (TPSA) is 49.3 Å². The van der Waals surface area contributed by atoms with Gasteiger partial charge in [-0.25, -0.2) is 0 Å². The largest absolute Gasteiger partial charge is 0.394 e. The number of hydrogen-bond donors (Lipinski definition) is 2. The Kier molecular flexibility index (Phi) is 1.42. The molecule has 2 heterocycles. The SMILES string of the molecule is O=C1N[C@]2(CO)CC[C@H]1CC2. The molecular weight excluding hydrogens is 142 g/mol. The summed E-state index contributed by atoms with van der Waals surface area (Å²) < 4.78 is 0. The van der Waals surface area contributed by atoms with E-state index in [9.17, 15) is 4.79 Å². The maximum absolute atomic E-state index is 11.2. The summed E-state index contributed by atoms with van der Waals surface area (Å²) in [5.74, 6) is 0.389. The first-order chi connectivity index (χ1) is 5.26. The third kappa shape index (κ3) is 0.948. The maximum Gasteiger partial charge on any atom is 0.223 e. The number of carbonyl (C=O) groups excluding carboxylic acids is 1. The zero-order valence-corrected chi connectivity index (χ0v) is 6.47. The molecule has 0 unspecified atom stereocenters. The Morgan fingerprint density at radius 2 is 2.18 bits per heavy atom. The number of fused-ring (bicyclic) bond motifs is 3. The van der Waals surface area contributed by atoms with Crippen LogP contribution in [-0.4, -0.2) is 23.2 Å². The average Bonchev–Trinajstić information content (AvgIpc) is 2.06. The van der Waals surface area contributed by atoms with Crippen LogP contribution in [0.3, 0.4) is 0 Å². The molecule has 11 heavy (non-hydrogen) atoms. The minimum Gasteiger partial charge on any atom is -0.394 e. The lowest BCUT2D eigenvalue weighted by molar-refractivity contribution is -0.135. The van der Waals surface area contributed by atoms with Gasteiger partial charge in [0.15, 0.2) is 0 Å². The van der Waals surface area contributed by atoms with Crippen LogP contribution in [0.5, 0.6) is 0 Å². The van der Waals surface area contributed by atoms with E-state index in [-0.39, 0.29) is 24.0 Å². The number of nitrogens with one attached hydrogen (secondary N) is 1. The van der Waals surface area contributed by atoms with Gasteiger partial charge in [0.1, 0.15) is 0 Å². The highest BCUT2D eigenvalue weighted by Gasteiger charge is 2.44. The monoisotopic (exact) mass is 155 g/mol. The van der Waals surface area contributed by atoms with E-state index < -0.39 is 0 Å². The second-order valence-corrected chi connectivity index (χ2v) is 3.70. The molecule has 2 N–H and O–H groups in total. The Morgan fingerprint density at radius 3 is 2.55 bits per heavy atom. The number of aliphatic hydroxyl groups is 1. The Hall–Kier alpha value is -0.570. The Labute approximate surface area is 65.8 Å². The van der Waals surface area contributed by atoms with Crippen molar-refractivity contribution in [2.75, 3.05) is 6.61 Å². The van der Waals surface area contributed by atoms with E-state index >= 15 is 0 Å². The van der Waals surface area contributed by atoms with Crippen molar-refractivity contribution in [1.29, 1.82) is 0 Å². The molecule has 2 saturated heterocycles. The molecule has 2 aliphatic heterocycles. The fourth-order valence-electron chi connectivity index (χ4n) is 2.12. The van der Waals surface area contributed by atoms with Gasteiger partial charge in [0.05, 0.1) is 12.1 Å². The summed E-state index contributed by atoms with van der Waals surface area (Å²) in [7, 11) is 0. The number of aliphatic hydroxyl groups excluding tert-OH is 1. The van der Waals surface area contributed by atoms with Crippen molar-refractivity contribution < 1.29 is 9.90 Å². The van der Waals surface area contributed by atoms with Gasteiger partial charge in [-0.15, -0.1) is 0 Å². The smallest absolute Gasteiger partial charge is 0.223 e. The van der Waals surface area contributed by atoms with Crippen LogP contribution in [0.2, 0.25) is 0 Å². The number of rotatable bonds is 1. The first-order valence-corrected chi connectivity index (χ1v) is 4.19. The summed E-state index contributed by atoms with van der Waals surface area (Å²) in [5.41, 5.74) is -0.244. The standard InChI is InChI=1S/C8H13NO2/c10-5-8-3-1-6(2-4-8)7(11)9-8/h6,10H,1-5H2,(H,9,11)/t6-,8+. The predicted molar refractivity (Wildman–Crippen MR) is 39.9 cm³/mol. The molecule has 3 fully saturated rings. The quantitative estimate of drug-likeness (QED) is 0.561. The summed E-state index contributed by atoms with van der Waals surface area (Å²) in [6, 6.07) is 0. The molecular formula is C8H13NO2. The van der Waals surface area contributed by atoms with Gasteiger partial charge >= 0.3 is 0 Å². The minimum atomic E-state index is -0.244. The lowest BCUT2D eigenvalue weighted by atomic mass is 9.72. The molecule has 0 atom stereocenters. The molecule has 3 rings (SSSR count). The van der Waals surface area contributed by atoms with Gasteiger partial charge in [-0.3, -0.25) is 4.79 Å². The van der Waals surface area contributed by atoms with Crippen molar-refractivity contribution in [2.24, 2.45) is 5.92 Å². The fraction of sp³-hybridized carbons (Fsp3) is 0.875. The van der Waals surface area contributed by atoms with Gasteiger partial charge in [0.2, 0.25) is 5.91 Å². The highest BCUT2D eigenvalue weighted by atomic mass is 16.3. The number of amides is 1. The third-order valence-corrected chi connectivity index (χ3v) is 3.00. The summed E-state index contributed by atoms with van der Waals surface area (Å²) in [6.07, 6.45) is 3.85. The third-order valence-electron chi connectivity index (χ3n) is 3.00. The van der Waals surface area contributed by atoms with Crippen molar-refractivity contribution in [3.8, 4) is 0 Å². The molecule has 0 spiro atoms. The van der Waals surface area contributed by atoms with E-state index in [0.717, 1.165) is 25.7 Å². The molecule has 1 amide bonds. The predicted octanol–water partition coefficient (Wildman–Crippen LogP) is 0.0375. The molecule has 0 aromatic rings. The zero-order chi connectivity index (χ0) is 7.90. The van der Waals surface area contributed by atoms with Crippen LogP contribution in [0, 0.1) is 5.92 Å². The Morgan fingerprint density at radius 1 is 1.55 bits per heavy atom. The minimum absolute atomic E-state index is 0.103. The summed E-state index contributed by atoms with van der Waals surface area (Å²) in [4.78, 5) is 11.2. The normalized spacial score (nSPS) is 42.3. The molecule has 3 nitrogen and oxygen atoms in total. The van der Waals surface area contributed by atoms with Gasteiger partial charge in [0.25, 0.3) is 0 Å². The van der Waals surface area contributed by atoms with Crippen LogP contribution in [0.15, 0.2) is 0 Å². The van der Waals surface area contributed by atoms with Crippen LogP contribution in [0.25, 0.3) is 0 Å². The van der Waals surface area contributed by atoms with Crippen molar-refractivity contribution in [3.05, 3.63) is 0 Å². The molecule has 0 aromatic heterocycles. The van der Waals surface area contributed by atoms with Crippen LogP contribution < -0.4 is 5.32 Å². The Bertz CT molecular complexity index is 183. The van der Waals surface area contributed by atoms with Crippen LogP contribution in [0.4, 0.5) is 0 Å². The number of carbonyl (C=O) groups is 1. The second kappa shape index (κ2) is 2.21. The molecule has 3 heteroatoms. The first kappa shape index (κ1) is 7.10. The van der Waals surface area contributed by atoms with E-state index in [0.29, 0.717) is 0 Å². The second-order valence-electron chi connectivity index (χ2n) is 3.70. The van der Waals surface area contributed by atoms with E-state index in [1.165, 1.54) is 0 Å². The van der Waals surface area contributed by atoms with Crippen molar-refractivity contribution >= 4 is 5.91 Å². The highest BCUT2D eigenvalue weighted by molar-refractivity contribution is 5.81. The van der Waals surface area contributed by atoms with E-state index in [1.807, 2.05) is 0 Å². The molecule has 1 saturated carbocycles. The maximum atomic E-state index is 11.2. The van der Waals surface area contributed by atoms with Gasteiger partial charge in [-0.05, 0) is 25.7 Å². The van der Waals surface area contributed by atoms with Crippen LogP contribution >= 0.6 is 0 Å². The number of piperidine rings is 2. The summed E-state index contributed by atoms with van der Waals surface area (Å²) >= 11 is 0. The van der Waals surface area contributed by atoms with E-state index in [1.54, 1.807) is 0 Å². The molecule has 62 valence electrons. The van der Waals surface area contributed by atoms with E-state index in [2.05, 4.69) is 5.32 Å².